The topological polar surface area (TPSA) is 70.1 Å². The van der Waals surface area contributed by atoms with Crippen LogP contribution in [-0.2, 0) is 9.59 Å². The number of aliphatic carboxylic acids is 1. The molecular formula is C16H22N2O4. The van der Waals surface area contributed by atoms with Crippen LogP contribution in [0.4, 0.5) is 5.69 Å². The number of carboxylic acids is 1. The number of methoxy groups -OCH3 is 1. The van der Waals surface area contributed by atoms with E-state index < -0.39 is 5.97 Å². The van der Waals surface area contributed by atoms with E-state index in [9.17, 15) is 9.59 Å². The summed E-state index contributed by atoms with van der Waals surface area (Å²) < 4.78 is 5.10. The van der Waals surface area contributed by atoms with Crippen LogP contribution in [-0.4, -0.2) is 55.2 Å². The third-order valence-corrected chi connectivity index (χ3v) is 3.80. The fourth-order valence-electron chi connectivity index (χ4n) is 2.60. The van der Waals surface area contributed by atoms with E-state index in [1.807, 2.05) is 4.90 Å². The SMILES string of the molecule is COc1ccc(N(CC(=O)O)CC(=O)N2CCCCC2)cc1. The van der Waals surface area contributed by atoms with Gasteiger partial charge in [0, 0.05) is 18.8 Å². The highest BCUT2D eigenvalue weighted by Gasteiger charge is 2.21. The zero-order chi connectivity index (χ0) is 15.9. The largest absolute Gasteiger partial charge is 0.497 e. The van der Waals surface area contributed by atoms with Gasteiger partial charge in [-0.25, -0.2) is 0 Å². The number of rotatable bonds is 6. The van der Waals surface area contributed by atoms with Crippen molar-refractivity contribution in [1.29, 1.82) is 0 Å². The Morgan fingerprint density at radius 3 is 2.32 bits per heavy atom. The molecule has 6 nitrogen and oxygen atoms in total. The number of carbonyl (C=O) groups is 2. The minimum Gasteiger partial charge on any atom is -0.497 e. The first kappa shape index (κ1) is 16.1. The Morgan fingerprint density at radius 1 is 1.14 bits per heavy atom. The summed E-state index contributed by atoms with van der Waals surface area (Å²) in [5, 5.41) is 9.08. The van der Waals surface area contributed by atoms with Crippen molar-refractivity contribution in [3.05, 3.63) is 24.3 Å². The highest BCUT2D eigenvalue weighted by Crippen LogP contribution is 2.19. The van der Waals surface area contributed by atoms with Gasteiger partial charge in [0.2, 0.25) is 5.91 Å². The first-order valence-corrected chi connectivity index (χ1v) is 7.48. The van der Waals surface area contributed by atoms with E-state index in [1.54, 1.807) is 36.3 Å². The lowest BCUT2D eigenvalue weighted by molar-refractivity contribution is -0.135. The summed E-state index contributed by atoms with van der Waals surface area (Å²) in [6.45, 7) is 1.41. The summed E-state index contributed by atoms with van der Waals surface area (Å²) in [6.07, 6.45) is 3.20. The van der Waals surface area contributed by atoms with Gasteiger partial charge in [0.15, 0.2) is 0 Å². The van der Waals surface area contributed by atoms with Crippen molar-refractivity contribution < 1.29 is 19.4 Å². The molecule has 1 fully saturated rings. The van der Waals surface area contributed by atoms with Crippen molar-refractivity contribution >= 4 is 17.6 Å². The van der Waals surface area contributed by atoms with Gasteiger partial charge in [-0.15, -0.1) is 0 Å². The number of nitrogens with zero attached hydrogens (tertiary/aromatic N) is 2. The summed E-state index contributed by atoms with van der Waals surface area (Å²) in [5.74, 6) is -0.277. The predicted octanol–water partition coefficient (Wildman–Crippen LogP) is 1.60. The molecule has 1 saturated heterocycles. The number of amides is 1. The predicted molar refractivity (Wildman–Crippen MR) is 83.3 cm³/mol. The molecule has 1 aromatic carbocycles. The second kappa shape index (κ2) is 7.68. The van der Waals surface area contributed by atoms with Crippen molar-refractivity contribution in [3.63, 3.8) is 0 Å². The smallest absolute Gasteiger partial charge is 0.323 e. The molecule has 2 rings (SSSR count). The number of piperidine rings is 1. The molecule has 0 spiro atoms. The van der Waals surface area contributed by atoms with Crippen LogP contribution >= 0.6 is 0 Å². The van der Waals surface area contributed by atoms with Gasteiger partial charge < -0.3 is 19.6 Å². The van der Waals surface area contributed by atoms with Crippen LogP contribution in [0.25, 0.3) is 0 Å². The molecule has 1 aliphatic rings. The molecule has 6 heteroatoms. The highest BCUT2D eigenvalue weighted by molar-refractivity contribution is 5.84. The van der Waals surface area contributed by atoms with Gasteiger partial charge in [0.05, 0.1) is 13.7 Å². The molecule has 0 atom stereocenters. The van der Waals surface area contributed by atoms with Crippen LogP contribution in [0, 0.1) is 0 Å². The minimum absolute atomic E-state index is 0.0169. The summed E-state index contributed by atoms with van der Waals surface area (Å²) in [4.78, 5) is 26.8. The van der Waals surface area contributed by atoms with Crippen LogP contribution in [0.2, 0.25) is 0 Å². The maximum atomic E-state index is 12.4. The zero-order valence-electron chi connectivity index (χ0n) is 12.8. The highest BCUT2D eigenvalue weighted by atomic mass is 16.5. The van der Waals surface area contributed by atoms with E-state index >= 15 is 0 Å². The number of anilines is 1. The number of carbonyl (C=O) groups excluding carboxylic acids is 1. The summed E-state index contributed by atoms with van der Waals surface area (Å²) in [5.41, 5.74) is 0.702. The lowest BCUT2D eigenvalue weighted by Crippen LogP contribution is -2.44. The molecule has 0 unspecified atom stereocenters. The molecule has 1 aliphatic heterocycles. The van der Waals surface area contributed by atoms with Crippen molar-refractivity contribution in [2.24, 2.45) is 0 Å². The van der Waals surface area contributed by atoms with Crippen molar-refractivity contribution in [1.82, 2.24) is 4.90 Å². The quantitative estimate of drug-likeness (QED) is 0.864. The summed E-state index contributed by atoms with van der Waals surface area (Å²) >= 11 is 0. The Kier molecular flexibility index (Phi) is 5.63. The number of hydrogen-bond donors (Lipinski definition) is 1. The van der Waals surface area contributed by atoms with Gasteiger partial charge in [0.25, 0.3) is 0 Å². The number of likely N-dealkylation sites (tertiary alicyclic amines) is 1. The van der Waals surface area contributed by atoms with Crippen LogP contribution < -0.4 is 9.64 Å². The standard InChI is InChI=1S/C16H22N2O4/c1-22-14-7-5-13(6-8-14)18(12-16(20)21)11-15(19)17-9-3-2-4-10-17/h5-8H,2-4,9-12H2,1H3,(H,20,21). The molecule has 1 aromatic rings. The fourth-order valence-corrected chi connectivity index (χ4v) is 2.60. The van der Waals surface area contributed by atoms with Crippen LogP contribution in [0.5, 0.6) is 5.75 Å². The first-order valence-electron chi connectivity index (χ1n) is 7.48. The molecule has 120 valence electrons. The molecule has 22 heavy (non-hydrogen) atoms. The normalized spacial score (nSPS) is 14.5. The first-order chi connectivity index (χ1) is 10.6. The third-order valence-electron chi connectivity index (χ3n) is 3.80. The van der Waals surface area contributed by atoms with E-state index in [0.29, 0.717) is 11.4 Å². The van der Waals surface area contributed by atoms with E-state index in [0.717, 1.165) is 32.4 Å². The van der Waals surface area contributed by atoms with Crippen molar-refractivity contribution in [3.8, 4) is 5.75 Å². The molecule has 0 aliphatic carbocycles. The van der Waals surface area contributed by atoms with Crippen molar-refractivity contribution in [2.75, 3.05) is 38.2 Å². The summed E-state index contributed by atoms with van der Waals surface area (Å²) in [7, 11) is 1.57. The van der Waals surface area contributed by atoms with Gasteiger partial charge in [0.1, 0.15) is 12.3 Å². The Morgan fingerprint density at radius 2 is 1.77 bits per heavy atom. The minimum atomic E-state index is -0.956. The van der Waals surface area contributed by atoms with E-state index in [2.05, 4.69) is 0 Å². The summed E-state index contributed by atoms with van der Waals surface area (Å²) in [6, 6.07) is 7.06. The fraction of sp³-hybridized carbons (Fsp3) is 0.500. The Labute approximate surface area is 130 Å². The number of benzene rings is 1. The van der Waals surface area contributed by atoms with Gasteiger partial charge in [-0.2, -0.15) is 0 Å². The van der Waals surface area contributed by atoms with Crippen LogP contribution in [0.3, 0.4) is 0 Å². The maximum Gasteiger partial charge on any atom is 0.323 e. The molecule has 1 amide bonds. The number of ether oxygens (including phenoxy) is 1. The van der Waals surface area contributed by atoms with Gasteiger partial charge >= 0.3 is 5.97 Å². The molecule has 0 bridgehead atoms. The number of hydrogen-bond acceptors (Lipinski definition) is 4. The molecule has 1 heterocycles. The van der Waals surface area contributed by atoms with Gasteiger partial charge in [-0.1, -0.05) is 0 Å². The third kappa shape index (κ3) is 4.38. The van der Waals surface area contributed by atoms with E-state index in [4.69, 9.17) is 9.84 Å². The van der Waals surface area contributed by atoms with Crippen LogP contribution in [0.1, 0.15) is 19.3 Å². The average molecular weight is 306 g/mol. The maximum absolute atomic E-state index is 12.4. The molecular weight excluding hydrogens is 284 g/mol. The molecule has 1 N–H and O–H groups in total. The second-order valence-corrected chi connectivity index (χ2v) is 5.39. The van der Waals surface area contributed by atoms with Crippen LogP contribution in [0.15, 0.2) is 24.3 Å². The van der Waals surface area contributed by atoms with Gasteiger partial charge in [-0.3, -0.25) is 9.59 Å². The molecule has 0 saturated carbocycles. The van der Waals surface area contributed by atoms with Crippen molar-refractivity contribution in [2.45, 2.75) is 19.3 Å². The average Bonchev–Trinajstić information content (AvgIpc) is 2.54. The van der Waals surface area contributed by atoms with E-state index in [1.165, 1.54) is 0 Å². The van der Waals surface area contributed by atoms with Gasteiger partial charge in [-0.05, 0) is 43.5 Å². The lowest BCUT2D eigenvalue weighted by Gasteiger charge is -2.30. The number of carboxylic acid groups (broad SMARTS) is 1. The Balaban J connectivity index is 2.07. The monoisotopic (exact) mass is 306 g/mol. The van der Waals surface area contributed by atoms with E-state index in [-0.39, 0.29) is 19.0 Å². The lowest BCUT2D eigenvalue weighted by atomic mass is 10.1. The molecule has 0 radical (unpaired) electrons. The Hall–Kier alpha value is -2.24. The zero-order valence-corrected chi connectivity index (χ0v) is 12.8. The molecule has 0 aromatic heterocycles. The Bertz CT molecular complexity index is 509. The second-order valence-electron chi connectivity index (χ2n) is 5.39.